The first kappa shape index (κ1) is 17.2. The lowest BCUT2D eigenvalue weighted by Crippen LogP contribution is -2.15. The second-order valence-electron chi connectivity index (χ2n) is 5.48. The van der Waals surface area contributed by atoms with Gasteiger partial charge in [-0.2, -0.15) is 0 Å². The van der Waals surface area contributed by atoms with Gasteiger partial charge < -0.3 is 9.88 Å². The van der Waals surface area contributed by atoms with Crippen molar-refractivity contribution in [3.05, 3.63) is 47.0 Å². The molecular formula is C16H16BrFN4OS. The number of carbonyl (C=O) groups excluding carboxylic acids is 1. The topological polar surface area (TPSA) is 59.8 Å². The molecule has 0 atom stereocenters. The van der Waals surface area contributed by atoms with Gasteiger partial charge in [0.15, 0.2) is 5.16 Å². The molecule has 1 saturated carbocycles. The molecule has 1 aliphatic carbocycles. The quantitative estimate of drug-likeness (QED) is 0.553. The minimum atomic E-state index is -0.478. The molecule has 0 unspecified atom stereocenters. The fourth-order valence-electron chi connectivity index (χ4n) is 2.26. The second kappa shape index (κ2) is 7.48. The number of rotatable bonds is 7. The van der Waals surface area contributed by atoms with E-state index in [4.69, 9.17) is 0 Å². The monoisotopic (exact) mass is 410 g/mol. The van der Waals surface area contributed by atoms with E-state index in [0.29, 0.717) is 22.1 Å². The molecule has 126 valence electrons. The molecule has 8 heteroatoms. The van der Waals surface area contributed by atoms with E-state index in [9.17, 15) is 9.18 Å². The molecular weight excluding hydrogens is 395 g/mol. The van der Waals surface area contributed by atoms with Gasteiger partial charge in [-0.3, -0.25) is 4.79 Å². The Morgan fingerprint density at radius 3 is 2.96 bits per heavy atom. The summed E-state index contributed by atoms with van der Waals surface area (Å²) in [5.74, 6) is 0.792. The van der Waals surface area contributed by atoms with E-state index in [1.54, 1.807) is 12.1 Å². The van der Waals surface area contributed by atoms with Crippen LogP contribution in [0.15, 0.2) is 40.5 Å². The lowest BCUT2D eigenvalue weighted by molar-refractivity contribution is -0.113. The lowest BCUT2D eigenvalue weighted by atomic mass is 10.3. The van der Waals surface area contributed by atoms with E-state index in [2.05, 4.69) is 38.0 Å². The molecule has 3 rings (SSSR count). The molecule has 2 aromatic rings. The summed E-state index contributed by atoms with van der Waals surface area (Å²) < 4.78 is 16.4. The third kappa shape index (κ3) is 4.05. The van der Waals surface area contributed by atoms with Crippen molar-refractivity contribution in [2.24, 2.45) is 0 Å². The summed E-state index contributed by atoms with van der Waals surface area (Å²) in [5, 5.41) is 11.7. The minimum Gasteiger partial charge on any atom is -0.323 e. The molecule has 1 aliphatic rings. The Morgan fingerprint density at radius 2 is 2.29 bits per heavy atom. The van der Waals surface area contributed by atoms with Gasteiger partial charge in [-0.1, -0.05) is 33.8 Å². The van der Waals surface area contributed by atoms with E-state index >= 15 is 0 Å². The maximum Gasteiger partial charge on any atom is 0.234 e. The van der Waals surface area contributed by atoms with Crippen LogP contribution in [0.25, 0.3) is 0 Å². The van der Waals surface area contributed by atoms with Crippen LogP contribution in [0.5, 0.6) is 0 Å². The lowest BCUT2D eigenvalue weighted by Gasteiger charge is -2.08. The highest BCUT2D eigenvalue weighted by Crippen LogP contribution is 2.40. The molecule has 0 aliphatic heterocycles. The summed E-state index contributed by atoms with van der Waals surface area (Å²) in [4.78, 5) is 12.1. The number of allylic oxidation sites excluding steroid dienone is 1. The Balaban J connectivity index is 1.62. The van der Waals surface area contributed by atoms with Crippen molar-refractivity contribution in [3.8, 4) is 0 Å². The van der Waals surface area contributed by atoms with Crippen LogP contribution in [-0.2, 0) is 11.3 Å². The number of halogens is 2. The normalized spacial score (nSPS) is 13.8. The number of benzene rings is 1. The molecule has 0 bridgehead atoms. The summed E-state index contributed by atoms with van der Waals surface area (Å²) in [6.07, 6.45) is 4.04. The highest BCUT2D eigenvalue weighted by atomic mass is 79.9. The van der Waals surface area contributed by atoms with Crippen LogP contribution in [0.4, 0.5) is 10.1 Å². The molecule has 0 saturated heterocycles. The van der Waals surface area contributed by atoms with Gasteiger partial charge in [-0.25, -0.2) is 4.39 Å². The first-order chi connectivity index (χ1) is 11.6. The fourth-order valence-corrected chi connectivity index (χ4v) is 3.35. The SMILES string of the molecule is C=CCn1c(SCC(=O)Nc2ccc(Br)cc2F)nnc1C1CC1. The second-order valence-corrected chi connectivity index (χ2v) is 7.33. The van der Waals surface area contributed by atoms with Gasteiger partial charge in [-0.15, -0.1) is 16.8 Å². The summed E-state index contributed by atoms with van der Waals surface area (Å²) in [6, 6.07) is 4.51. The van der Waals surface area contributed by atoms with Crippen molar-refractivity contribution in [2.45, 2.75) is 30.5 Å². The standard InChI is InChI=1S/C16H16BrFN4OS/c1-2-7-22-15(10-3-4-10)20-21-16(22)24-9-14(23)19-13-6-5-11(17)8-12(13)18/h2,5-6,8,10H,1,3-4,7,9H2,(H,19,23). The van der Waals surface area contributed by atoms with Crippen LogP contribution in [0.1, 0.15) is 24.6 Å². The number of anilines is 1. The average Bonchev–Trinajstić information content (AvgIpc) is 3.31. The molecule has 24 heavy (non-hydrogen) atoms. The zero-order chi connectivity index (χ0) is 17.1. The van der Waals surface area contributed by atoms with Gasteiger partial charge in [0.25, 0.3) is 0 Å². The van der Waals surface area contributed by atoms with Gasteiger partial charge in [0.1, 0.15) is 11.6 Å². The number of amides is 1. The minimum absolute atomic E-state index is 0.134. The molecule has 1 aromatic carbocycles. The highest BCUT2D eigenvalue weighted by molar-refractivity contribution is 9.10. The third-order valence-corrected chi connectivity index (χ3v) is 5.00. The van der Waals surface area contributed by atoms with E-state index in [0.717, 1.165) is 18.7 Å². The van der Waals surface area contributed by atoms with E-state index in [1.807, 2.05) is 4.57 Å². The first-order valence-electron chi connectivity index (χ1n) is 7.50. The Bertz CT molecular complexity index is 775. The van der Waals surface area contributed by atoms with Crippen LogP contribution >= 0.6 is 27.7 Å². The third-order valence-electron chi connectivity index (χ3n) is 3.54. The van der Waals surface area contributed by atoms with Crippen LogP contribution in [-0.4, -0.2) is 26.4 Å². The Morgan fingerprint density at radius 1 is 1.50 bits per heavy atom. The molecule has 1 aromatic heterocycles. The smallest absolute Gasteiger partial charge is 0.234 e. The van der Waals surface area contributed by atoms with Gasteiger partial charge in [0, 0.05) is 16.9 Å². The van der Waals surface area contributed by atoms with Gasteiger partial charge >= 0.3 is 0 Å². The number of thioether (sulfide) groups is 1. The number of hydrogen-bond donors (Lipinski definition) is 1. The van der Waals surface area contributed by atoms with Crippen LogP contribution < -0.4 is 5.32 Å². The number of aromatic nitrogens is 3. The number of nitrogens with one attached hydrogen (secondary N) is 1. The summed E-state index contributed by atoms with van der Waals surface area (Å²) in [6.45, 7) is 4.37. The number of hydrogen-bond acceptors (Lipinski definition) is 4. The Kier molecular flexibility index (Phi) is 5.35. The van der Waals surface area contributed by atoms with Crippen molar-refractivity contribution >= 4 is 39.3 Å². The zero-order valence-corrected chi connectivity index (χ0v) is 15.2. The van der Waals surface area contributed by atoms with Crippen LogP contribution in [0.3, 0.4) is 0 Å². The maximum atomic E-state index is 13.7. The predicted molar refractivity (Wildman–Crippen MR) is 95.6 cm³/mol. The van der Waals surface area contributed by atoms with Gasteiger partial charge in [-0.05, 0) is 31.0 Å². The van der Waals surface area contributed by atoms with Crippen molar-refractivity contribution in [3.63, 3.8) is 0 Å². The van der Waals surface area contributed by atoms with E-state index in [-0.39, 0.29) is 17.3 Å². The first-order valence-corrected chi connectivity index (χ1v) is 9.28. The van der Waals surface area contributed by atoms with Gasteiger partial charge in [0.05, 0.1) is 11.4 Å². The largest absolute Gasteiger partial charge is 0.323 e. The Hall–Kier alpha value is -1.67. The number of nitrogens with zero attached hydrogens (tertiary/aromatic N) is 3. The van der Waals surface area contributed by atoms with Crippen molar-refractivity contribution in [2.75, 3.05) is 11.1 Å². The van der Waals surface area contributed by atoms with Crippen molar-refractivity contribution in [1.29, 1.82) is 0 Å². The van der Waals surface area contributed by atoms with Crippen molar-refractivity contribution in [1.82, 2.24) is 14.8 Å². The molecule has 0 radical (unpaired) electrons. The van der Waals surface area contributed by atoms with E-state index < -0.39 is 5.82 Å². The maximum absolute atomic E-state index is 13.7. The van der Waals surface area contributed by atoms with Crippen LogP contribution in [0.2, 0.25) is 0 Å². The molecule has 1 amide bonds. The zero-order valence-electron chi connectivity index (χ0n) is 12.8. The molecule has 1 fully saturated rings. The molecule has 1 N–H and O–H groups in total. The highest BCUT2D eigenvalue weighted by Gasteiger charge is 2.30. The summed E-state index contributed by atoms with van der Waals surface area (Å²) in [5.41, 5.74) is 0.162. The van der Waals surface area contributed by atoms with E-state index in [1.165, 1.54) is 23.9 Å². The van der Waals surface area contributed by atoms with Gasteiger partial charge in [0.2, 0.25) is 5.91 Å². The molecule has 0 spiro atoms. The molecule has 1 heterocycles. The number of carbonyl (C=O) groups is 1. The molecule has 5 nitrogen and oxygen atoms in total. The Labute approximate surface area is 151 Å². The van der Waals surface area contributed by atoms with Crippen LogP contribution in [0, 0.1) is 5.82 Å². The van der Waals surface area contributed by atoms with Crippen molar-refractivity contribution < 1.29 is 9.18 Å². The summed E-state index contributed by atoms with van der Waals surface area (Å²) >= 11 is 4.47. The predicted octanol–water partition coefficient (Wildman–Crippen LogP) is 3.97. The fraction of sp³-hybridized carbons (Fsp3) is 0.312. The summed E-state index contributed by atoms with van der Waals surface area (Å²) in [7, 11) is 0. The average molecular weight is 411 g/mol.